The van der Waals surface area contributed by atoms with Crippen LogP contribution < -0.4 is 0 Å². The van der Waals surface area contributed by atoms with Crippen LogP contribution in [0, 0.1) is 0 Å². The second kappa shape index (κ2) is 59.1. The minimum atomic E-state index is -0.592. The third kappa shape index (κ3) is 56.4. The Morgan fingerprint density at radius 2 is 0.643 bits per heavy atom. The van der Waals surface area contributed by atoms with E-state index in [2.05, 4.69) is 167 Å². The van der Waals surface area contributed by atoms with E-state index in [9.17, 15) is 9.59 Å². The number of hydrogen-bond acceptors (Lipinski definition) is 5. The molecule has 5 nitrogen and oxygen atoms in total. The van der Waals surface area contributed by atoms with Crippen molar-refractivity contribution in [2.24, 2.45) is 0 Å². The zero-order valence-electron chi connectivity index (χ0n) is 45.2. The van der Waals surface area contributed by atoms with E-state index in [1.165, 1.54) is 57.8 Å². The predicted octanol–water partition coefficient (Wildman–Crippen LogP) is 19.7. The molecule has 0 radical (unpaired) electrons. The van der Waals surface area contributed by atoms with E-state index in [1.54, 1.807) is 0 Å². The summed E-state index contributed by atoms with van der Waals surface area (Å²) in [7, 11) is 0. The minimum Gasteiger partial charge on any atom is -0.462 e. The standard InChI is InChI=1S/C65H104O5/c1-4-7-10-13-16-19-22-25-28-30-32-34-36-39-42-45-48-51-54-57-60-68-61-63(70-65(67)59-56-53-50-47-44-41-37-27-24-21-18-15-12-9-6-3)62-69-64(66)58-55-52-49-46-43-40-38-35-33-31-29-26-23-20-17-14-11-8-5-2/h7-8,10-11,16-21,25-29,32-35,37,39,42,48,51,63H,4-6,9,12-15,22-24,30-31,36,38,40-41,43-47,49-50,52-62H2,1-3H3/b10-7-,11-8-,19-16-,20-17-,21-18-,28-25-,29-26-,34-32-,35-33-,37-27-,42-39-,51-48-. The van der Waals surface area contributed by atoms with E-state index in [0.29, 0.717) is 19.4 Å². The highest BCUT2D eigenvalue weighted by Gasteiger charge is 2.17. The third-order valence-corrected chi connectivity index (χ3v) is 11.3. The highest BCUT2D eigenvalue weighted by molar-refractivity contribution is 5.70. The van der Waals surface area contributed by atoms with Gasteiger partial charge < -0.3 is 14.2 Å². The molecule has 1 unspecified atom stereocenters. The van der Waals surface area contributed by atoms with E-state index in [1.807, 2.05) is 0 Å². The summed E-state index contributed by atoms with van der Waals surface area (Å²) in [6.45, 7) is 7.39. The Kier molecular flexibility index (Phi) is 55.5. The molecule has 0 amide bonds. The molecule has 0 spiro atoms. The molecule has 0 aliphatic heterocycles. The summed E-state index contributed by atoms with van der Waals surface area (Å²) in [6, 6.07) is 0. The van der Waals surface area contributed by atoms with Gasteiger partial charge in [0.15, 0.2) is 6.10 Å². The maximum atomic E-state index is 12.8. The van der Waals surface area contributed by atoms with Crippen LogP contribution in [-0.2, 0) is 23.8 Å². The number of unbranched alkanes of at least 4 members (excludes halogenated alkanes) is 15. The van der Waals surface area contributed by atoms with Gasteiger partial charge in [0.05, 0.1) is 6.61 Å². The fourth-order valence-electron chi connectivity index (χ4n) is 7.19. The largest absolute Gasteiger partial charge is 0.462 e. The van der Waals surface area contributed by atoms with Crippen molar-refractivity contribution < 1.29 is 23.8 Å². The first kappa shape index (κ1) is 65.8. The highest BCUT2D eigenvalue weighted by Crippen LogP contribution is 2.13. The van der Waals surface area contributed by atoms with Crippen LogP contribution in [0.25, 0.3) is 0 Å². The Morgan fingerprint density at radius 1 is 0.329 bits per heavy atom. The van der Waals surface area contributed by atoms with Gasteiger partial charge in [-0.1, -0.05) is 224 Å². The Labute approximate surface area is 431 Å². The summed E-state index contributed by atoms with van der Waals surface area (Å²) in [4.78, 5) is 25.5. The fraction of sp³-hybridized carbons (Fsp3) is 0.600. The van der Waals surface area contributed by atoms with Crippen molar-refractivity contribution in [3.05, 3.63) is 146 Å². The Balaban J connectivity index is 4.46. The number of ether oxygens (including phenoxy) is 3. The van der Waals surface area contributed by atoms with Crippen LogP contribution >= 0.6 is 0 Å². The lowest BCUT2D eigenvalue weighted by atomic mass is 10.1. The van der Waals surface area contributed by atoms with E-state index in [4.69, 9.17) is 14.2 Å². The molecule has 0 rings (SSSR count). The van der Waals surface area contributed by atoms with E-state index in [-0.39, 0.29) is 25.2 Å². The van der Waals surface area contributed by atoms with Crippen LogP contribution in [0.2, 0.25) is 0 Å². The summed E-state index contributed by atoms with van der Waals surface area (Å²) in [5, 5.41) is 0. The summed E-state index contributed by atoms with van der Waals surface area (Å²) >= 11 is 0. The topological polar surface area (TPSA) is 61.8 Å². The maximum Gasteiger partial charge on any atom is 0.306 e. The van der Waals surface area contributed by atoms with Crippen molar-refractivity contribution in [2.45, 2.75) is 232 Å². The van der Waals surface area contributed by atoms with Gasteiger partial charge in [0.2, 0.25) is 0 Å². The molecule has 0 fully saturated rings. The van der Waals surface area contributed by atoms with Crippen LogP contribution in [0.15, 0.2) is 146 Å². The predicted molar refractivity (Wildman–Crippen MR) is 306 cm³/mol. The zero-order valence-corrected chi connectivity index (χ0v) is 45.2. The van der Waals surface area contributed by atoms with E-state index < -0.39 is 6.10 Å². The molecule has 0 aromatic rings. The van der Waals surface area contributed by atoms with Crippen molar-refractivity contribution in [3.8, 4) is 0 Å². The highest BCUT2D eigenvalue weighted by atomic mass is 16.6. The molecule has 0 aliphatic carbocycles. The van der Waals surface area contributed by atoms with Gasteiger partial charge in [0.25, 0.3) is 0 Å². The molecule has 0 aromatic heterocycles. The Hall–Kier alpha value is -4.22. The van der Waals surface area contributed by atoms with Gasteiger partial charge in [0.1, 0.15) is 6.61 Å². The lowest BCUT2D eigenvalue weighted by Crippen LogP contribution is -2.30. The van der Waals surface area contributed by atoms with Crippen LogP contribution in [0.3, 0.4) is 0 Å². The monoisotopic (exact) mass is 965 g/mol. The lowest BCUT2D eigenvalue weighted by Gasteiger charge is -2.18. The molecule has 0 saturated heterocycles. The molecule has 0 saturated carbocycles. The number of hydrogen-bond donors (Lipinski definition) is 0. The first-order chi connectivity index (χ1) is 34.6. The second-order valence-electron chi connectivity index (χ2n) is 18.1. The average molecular weight is 966 g/mol. The number of carbonyl (C=O) groups excluding carboxylic acids is 2. The second-order valence-corrected chi connectivity index (χ2v) is 18.1. The van der Waals surface area contributed by atoms with Crippen LogP contribution in [-0.4, -0.2) is 37.9 Å². The SMILES string of the molecule is CC/C=C\C/C=C\C/C=C\C/C=C\C/C=C\C/C=C\CCCOCC(COC(=O)CCCCCCCC/C=C\C/C=C\C/C=C\C/C=C\CC)OC(=O)CCCCCCC/C=C\C/C=C\CCCCC. The van der Waals surface area contributed by atoms with Gasteiger partial charge in [-0.2, -0.15) is 0 Å². The summed E-state index contributed by atoms with van der Waals surface area (Å²) in [5.41, 5.74) is 0. The molecule has 0 N–H and O–H groups in total. The van der Waals surface area contributed by atoms with Gasteiger partial charge in [-0.15, -0.1) is 0 Å². The van der Waals surface area contributed by atoms with Crippen LogP contribution in [0.4, 0.5) is 0 Å². The van der Waals surface area contributed by atoms with Gasteiger partial charge in [0, 0.05) is 19.4 Å². The molecular formula is C65H104O5. The smallest absolute Gasteiger partial charge is 0.306 e. The Morgan fingerprint density at radius 3 is 1.03 bits per heavy atom. The first-order valence-corrected chi connectivity index (χ1v) is 28.4. The number of rotatable bonds is 50. The summed E-state index contributed by atoms with van der Waals surface area (Å²) in [5.74, 6) is -0.470. The molecule has 1 atom stereocenters. The molecule has 0 bridgehead atoms. The van der Waals surface area contributed by atoms with Crippen molar-refractivity contribution in [1.82, 2.24) is 0 Å². The maximum absolute atomic E-state index is 12.8. The van der Waals surface area contributed by atoms with Crippen LogP contribution in [0.1, 0.15) is 226 Å². The number of esters is 2. The van der Waals surface area contributed by atoms with E-state index >= 15 is 0 Å². The van der Waals surface area contributed by atoms with Crippen molar-refractivity contribution in [1.29, 1.82) is 0 Å². The van der Waals surface area contributed by atoms with Gasteiger partial charge in [-0.05, 0) is 135 Å². The molecule has 70 heavy (non-hydrogen) atoms. The van der Waals surface area contributed by atoms with Crippen LogP contribution in [0.5, 0.6) is 0 Å². The number of allylic oxidation sites excluding steroid dienone is 24. The van der Waals surface area contributed by atoms with Crippen molar-refractivity contribution >= 4 is 11.9 Å². The van der Waals surface area contributed by atoms with Gasteiger partial charge >= 0.3 is 11.9 Å². The average Bonchev–Trinajstić information content (AvgIpc) is 3.36. The molecule has 0 aromatic carbocycles. The molecule has 0 heterocycles. The zero-order chi connectivity index (χ0) is 50.6. The van der Waals surface area contributed by atoms with Gasteiger partial charge in [-0.25, -0.2) is 0 Å². The molecular weight excluding hydrogens is 861 g/mol. The third-order valence-electron chi connectivity index (χ3n) is 11.3. The molecule has 0 aliphatic rings. The Bertz CT molecular complexity index is 1510. The summed E-state index contributed by atoms with van der Waals surface area (Å²) in [6.07, 6.45) is 85.9. The van der Waals surface area contributed by atoms with Crippen molar-refractivity contribution in [2.75, 3.05) is 19.8 Å². The quantitative estimate of drug-likeness (QED) is 0.0345. The van der Waals surface area contributed by atoms with Gasteiger partial charge in [-0.3, -0.25) is 9.59 Å². The first-order valence-electron chi connectivity index (χ1n) is 28.4. The molecule has 5 heteroatoms. The summed E-state index contributed by atoms with van der Waals surface area (Å²) < 4.78 is 17.4. The number of carbonyl (C=O) groups is 2. The molecule has 394 valence electrons. The lowest BCUT2D eigenvalue weighted by molar-refractivity contribution is -0.163. The fourth-order valence-corrected chi connectivity index (χ4v) is 7.19. The normalized spacial score (nSPS) is 13.4. The van der Waals surface area contributed by atoms with Crippen molar-refractivity contribution in [3.63, 3.8) is 0 Å². The minimum absolute atomic E-state index is 0.0389. The van der Waals surface area contributed by atoms with E-state index in [0.717, 1.165) is 135 Å².